The topological polar surface area (TPSA) is 117 Å². The lowest BCUT2D eigenvalue weighted by Gasteiger charge is -2.18. The molecule has 1 heterocycles. The van der Waals surface area contributed by atoms with Crippen molar-refractivity contribution in [1.82, 2.24) is 26.0 Å². The number of carbonyl (C=O) groups excluding carboxylic acids is 2. The number of benzene rings is 1. The Hall–Kier alpha value is -3.43. The molecule has 0 saturated carbocycles. The summed E-state index contributed by atoms with van der Waals surface area (Å²) in [6, 6.07) is 6.09. The summed E-state index contributed by atoms with van der Waals surface area (Å²) in [5.41, 5.74) is 5.79. The van der Waals surface area contributed by atoms with Crippen molar-refractivity contribution in [2.75, 3.05) is 12.5 Å². The molecule has 0 spiro atoms. The molecule has 4 N–H and O–H groups in total. The van der Waals surface area contributed by atoms with E-state index < -0.39 is 18.0 Å². The standard InChI is InChI=1S/C18H23FN6O3/c1-3-4-14(16(26)24-25-17-20-10-9-15(23-17)28-2)22-18(27)21-11-12-5-7-13(19)8-6-12/h5-10,14H,3-4,11H2,1-2H3,(H,24,26)(H,20,23,25)(H2,21,22,27). The fourth-order valence-corrected chi connectivity index (χ4v) is 2.27. The molecule has 2 aromatic rings. The van der Waals surface area contributed by atoms with Gasteiger partial charge >= 0.3 is 6.03 Å². The van der Waals surface area contributed by atoms with Gasteiger partial charge in [0.1, 0.15) is 11.9 Å². The Bertz CT molecular complexity index is 787. The molecule has 0 aliphatic carbocycles. The van der Waals surface area contributed by atoms with E-state index in [9.17, 15) is 14.0 Å². The van der Waals surface area contributed by atoms with Gasteiger partial charge in [0.05, 0.1) is 7.11 Å². The second-order valence-electron chi connectivity index (χ2n) is 5.83. The van der Waals surface area contributed by atoms with Gasteiger partial charge in [-0.2, -0.15) is 4.98 Å². The predicted octanol–water partition coefficient (Wildman–Crippen LogP) is 1.74. The third-order valence-corrected chi connectivity index (χ3v) is 3.70. The first-order chi connectivity index (χ1) is 13.5. The van der Waals surface area contributed by atoms with Crippen LogP contribution < -0.4 is 26.2 Å². The highest BCUT2D eigenvalue weighted by molar-refractivity contribution is 5.87. The first kappa shape index (κ1) is 20.9. The van der Waals surface area contributed by atoms with Crippen molar-refractivity contribution in [2.45, 2.75) is 32.4 Å². The molecule has 150 valence electrons. The maximum absolute atomic E-state index is 12.9. The van der Waals surface area contributed by atoms with Crippen LogP contribution in [0.1, 0.15) is 25.3 Å². The van der Waals surface area contributed by atoms with Gasteiger partial charge in [0.2, 0.25) is 11.8 Å². The smallest absolute Gasteiger partial charge is 0.315 e. The highest BCUT2D eigenvalue weighted by Crippen LogP contribution is 2.06. The Labute approximate surface area is 162 Å². The normalized spacial score (nSPS) is 11.2. The second kappa shape index (κ2) is 10.7. The number of hydrazine groups is 1. The zero-order chi connectivity index (χ0) is 20.4. The number of rotatable bonds is 9. The summed E-state index contributed by atoms with van der Waals surface area (Å²) < 4.78 is 17.9. The van der Waals surface area contributed by atoms with Crippen LogP contribution in [0.3, 0.4) is 0 Å². The third kappa shape index (κ3) is 6.71. The number of halogens is 1. The van der Waals surface area contributed by atoms with Crippen molar-refractivity contribution in [3.8, 4) is 5.88 Å². The van der Waals surface area contributed by atoms with Crippen molar-refractivity contribution < 1.29 is 18.7 Å². The quantitative estimate of drug-likeness (QED) is 0.485. The summed E-state index contributed by atoms with van der Waals surface area (Å²) in [4.78, 5) is 32.4. The number of hydrogen-bond acceptors (Lipinski definition) is 6. The molecule has 0 aliphatic rings. The van der Waals surface area contributed by atoms with E-state index in [1.165, 1.54) is 25.4 Å². The van der Waals surface area contributed by atoms with E-state index in [-0.39, 0.29) is 18.3 Å². The number of nitrogens with zero attached hydrogens (tertiary/aromatic N) is 2. The Balaban J connectivity index is 1.85. The Morgan fingerprint density at radius 3 is 2.64 bits per heavy atom. The van der Waals surface area contributed by atoms with E-state index >= 15 is 0 Å². The summed E-state index contributed by atoms with van der Waals surface area (Å²) in [6.07, 6.45) is 2.60. The minimum atomic E-state index is -0.753. The number of nitrogens with one attached hydrogen (secondary N) is 4. The summed E-state index contributed by atoms with van der Waals surface area (Å²) >= 11 is 0. The van der Waals surface area contributed by atoms with Gasteiger partial charge < -0.3 is 15.4 Å². The van der Waals surface area contributed by atoms with E-state index in [0.29, 0.717) is 18.7 Å². The van der Waals surface area contributed by atoms with Gasteiger partial charge in [-0.1, -0.05) is 25.5 Å². The van der Waals surface area contributed by atoms with Crippen LogP contribution in [0.5, 0.6) is 5.88 Å². The summed E-state index contributed by atoms with van der Waals surface area (Å²) in [5.74, 6) is -0.288. The number of hydrogen-bond donors (Lipinski definition) is 4. The molecule has 1 unspecified atom stereocenters. The number of aromatic nitrogens is 2. The van der Waals surface area contributed by atoms with Gasteiger partial charge in [-0.3, -0.25) is 15.6 Å². The van der Waals surface area contributed by atoms with E-state index in [1.54, 1.807) is 18.2 Å². The largest absolute Gasteiger partial charge is 0.481 e. The van der Waals surface area contributed by atoms with Crippen LogP contribution in [0, 0.1) is 5.82 Å². The van der Waals surface area contributed by atoms with Crippen molar-refractivity contribution in [1.29, 1.82) is 0 Å². The molecule has 10 heteroatoms. The van der Waals surface area contributed by atoms with Crippen LogP contribution in [0.2, 0.25) is 0 Å². The number of ether oxygens (including phenoxy) is 1. The van der Waals surface area contributed by atoms with Gasteiger partial charge in [-0.05, 0) is 24.1 Å². The summed E-state index contributed by atoms with van der Waals surface area (Å²) in [7, 11) is 1.47. The number of anilines is 1. The van der Waals surface area contributed by atoms with E-state index in [0.717, 1.165) is 5.56 Å². The van der Waals surface area contributed by atoms with Crippen LogP contribution >= 0.6 is 0 Å². The molecule has 2 rings (SSSR count). The molecule has 1 aromatic carbocycles. The molecule has 1 atom stereocenters. The van der Waals surface area contributed by atoms with Gasteiger partial charge in [-0.15, -0.1) is 0 Å². The van der Waals surface area contributed by atoms with Crippen molar-refractivity contribution in [3.63, 3.8) is 0 Å². The zero-order valence-corrected chi connectivity index (χ0v) is 15.7. The lowest BCUT2D eigenvalue weighted by Crippen LogP contribution is -2.51. The van der Waals surface area contributed by atoms with Crippen LogP contribution in [0.15, 0.2) is 36.5 Å². The molecule has 0 aliphatic heterocycles. The van der Waals surface area contributed by atoms with E-state index in [1.807, 2.05) is 6.92 Å². The van der Waals surface area contributed by atoms with E-state index in [4.69, 9.17) is 4.74 Å². The molecule has 0 saturated heterocycles. The molecular formula is C18H23FN6O3. The van der Waals surface area contributed by atoms with Gasteiger partial charge in [0.25, 0.3) is 5.91 Å². The van der Waals surface area contributed by atoms with Crippen LogP contribution in [-0.2, 0) is 11.3 Å². The van der Waals surface area contributed by atoms with E-state index in [2.05, 4.69) is 31.5 Å². The maximum atomic E-state index is 12.9. The minimum absolute atomic E-state index is 0.156. The molecule has 28 heavy (non-hydrogen) atoms. The van der Waals surface area contributed by atoms with Gasteiger partial charge in [0.15, 0.2) is 0 Å². The molecule has 9 nitrogen and oxygen atoms in total. The number of carbonyl (C=O) groups is 2. The first-order valence-electron chi connectivity index (χ1n) is 8.73. The molecular weight excluding hydrogens is 367 g/mol. The fraction of sp³-hybridized carbons (Fsp3) is 0.333. The lowest BCUT2D eigenvalue weighted by atomic mass is 10.1. The molecule has 3 amide bonds. The molecule has 1 aromatic heterocycles. The zero-order valence-electron chi connectivity index (χ0n) is 15.7. The second-order valence-corrected chi connectivity index (χ2v) is 5.83. The van der Waals surface area contributed by atoms with Crippen molar-refractivity contribution in [2.24, 2.45) is 0 Å². The molecule has 0 fully saturated rings. The lowest BCUT2D eigenvalue weighted by molar-refractivity contribution is -0.122. The number of amides is 3. The Morgan fingerprint density at radius 1 is 1.21 bits per heavy atom. The highest BCUT2D eigenvalue weighted by Gasteiger charge is 2.20. The maximum Gasteiger partial charge on any atom is 0.315 e. The van der Waals surface area contributed by atoms with Gasteiger partial charge in [-0.25, -0.2) is 14.2 Å². The SMILES string of the molecule is CCCC(NC(=O)NCc1ccc(F)cc1)C(=O)NNc1nccc(OC)n1. The minimum Gasteiger partial charge on any atom is -0.481 e. The summed E-state index contributed by atoms with van der Waals surface area (Å²) in [6.45, 7) is 2.11. The predicted molar refractivity (Wildman–Crippen MR) is 101 cm³/mol. The average Bonchev–Trinajstić information content (AvgIpc) is 2.71. The first-order valence-corrected chi connectivity index (χ1v) is 8.73. The Kier molecular flexibility index (Phi) is 7.94. The van der Waals surface area contributed by atoms with Crippen LogP contribution in [0.25, 0.3) is 0 Å². The molecule has 0 bridgehead atoms. The Morgan fingerprint density at radius 2 is 1.96 bits per heavy atom. The van der Waals surface area contributed by atoms with Crippen molar-refractivity contribution >= 4 is 17.9 Å². The number of urea groups is 1. The van der Waals surface area contributed by atoms with Crippen molar-refractivity contribution in [3.05, 3.63) is 47.9 Å². The summed E-state index contributed by atoms with van der Waals surface area (Å²) in [5, 5.41) is 5.25. The fourth-order valence-electron chi connectivity index (χ4n) is 2.27. The van der Waals surface area contributed by atoms with Gasteiger partial charge in [0, 0.05) is 18.8 Å². The average molecular weight is 390 g/mol. The highest BCUT2D eigenvalue weighted by atomic mass is 19.1. The van der Waals surface area contributed by atoms with Crippen LogP contribution in [-0.4, -0.2) is 35.1 Å². The third-order valence-electron chi connectivity index (χ3n) is 3.70. The molecule has 0 radical (unpaired) electrons. The number of methoxy groups -OCH3 is 1. The van der Waals surface area contributed by atoms with Crippen LogP contribution in [0.4, 0.5) is 15.1 Å². The monoisotopic (exact) mass is 390 g/mol.